The molecule has 0 amide bonds. The van der Waals surface area contributed by atoms with E-state index in [-0.39, 0.29) is 29.6 Å². The first kappa shape index (κ1) is 16.3. The molecule has 4 nitrogen and oxygen atoms in total. The molecule has 1 atom stereocenters. The summed E-state index contributed by atoms with van der Waals surface area (Å²) in [6, 6.07) is 5.17. The van der Waals surface area contributed by atoms with E-state index in [0.717, 1.165) is 0 Å². The topological polar surface area (TPSA) is 55.8 Å². The molecule has 0 aliphatic carbocycles. The molecule has 1 unspecified atom stereocenters. The third-order valence-electron chi connectivity index (χ3n) is 2.36. The van der Waals surface area contributed by atoms with Crippen LogP contribution in [0.3, 0.4) is 0 Å². The molecule has 0 bridgehead atoms. The van der Waals surface area contributed by atoms with Gasteiger partial charge in [-0.2, -0.15) is 0 Å². The van der Waals surface area contributed by atoms with Crippen molar-refractivity contribution in [2.45, 2.75) is 19.8 Å². The van der Waals surface area contributed by atoms with Crippen molar-refractivity contribution in [1.29, 1.82) is 0 Å². The quantitative estimate of drug-likeness (QED) is 0.805. The first-order chi connectivity index (χ1) is 7.60. The molecule has 1 aromatic carbocycles. The minimum atomic E-state index is -0.854. The van der Waals surface area contributed by atoms with E-state index >= 15 is 0 Å². The van der Waals surface area contributed by atoms with Gasteiger partial charge in [0.25, 0.3) is 0 Å². The fraction of sp³-hybridized carbons (Fsp3) is 0.417. The van der Waals surface area contributed by atoms with E-state index < -0.39 is 11.9 Å². The zero-order valence-electron chi connectivity index (χ0n) is 9.69. The Hall–Kier alpha value is -0.710. The van der Waals surface area contributed by atoms with Gasteiger partial charge in [0.05, 0.1) is 19.6 Å². The molecular formula is C12H17NaO4. The summed E-state index contributed by atoms with van der Waals surface area (Å²) < 4.78 is 10.5. The Balaban J connectivity index is 0.00000256. The second kappa shape index (κ2) is 7.58. The molecule has 1 aromatic rings. The summed E-state index contributed by atoms with van der Waals surface area (Å²) in [5, 5.41) is 8.91. The Bertz CT molecular complexity index is 379. The Morgan fingerprint density at radius 2 is 2.06 bits per heavy atom. The van der Waals surface area contributed by atoms with Crippen molar-refractivity contribution in [2.24, 2.45) is 0 Å². The third-order valence-corrected chi connectivity index (χ3v) is 2.36. The zero-order chi connectivity index (χ0) is 12.1. The van der Waals surface area contributed by atoms with Gasteiger partial charge >= 0.3 is 35.5 Å². The molecule has 5 heteroatoms. The number of carboxylic acids is 1. The number of hydrogen-bond acceptors (Lipinski definition) is 3. The van der Waals surface area contributed by atoms with Gasteiger partial charge in [-0.05, 0) is 31.5 Å². The number of ether oxygens (including phenoxy) is 2. The summed E-state index contributed by atoms with van der Waals surface area (Å²) >= 11 is 0. The Morgan fingerprint density at radius 3 is 2.53 bits per heavy atom. The summed E-state index contributed by atoms with van der Waals surface area (Å²) in [5.41, 5.74) is 0.705. The van der Waals surface area contributed by atoms with Crippen molar-refractivity contribution in [2.75, 3.05) is 13.7 Å². The first-order valence-corrected chi connectivity index (χ1v) is 5.13. The van der Waals surface area contributed by atoms with E-state index in [0.29, 0.717) is 23.7 Å². The van der Waals surface area contributed by atoms with Crippen molar-refractivity contribution in [3.05, 3.63) is 23.8 Å². The van der Waals surface area contributed by atoms with Gasteiger partial charge in [0, 0.05) is 0 Å². The van der Waals surface area contributed by atoms with Crippen molar-refractivity contribution < 1.29 is 19.4 Å². The van der Waals surface area contributed by atoms with Crippen molar-refractivity contribution in [3.63, 3.8) is 0 Å². The molecule has 0 aliphatic rings. The Kier molecular flexibility index (Phi) is 7.27. The van der Waals surface area contributed by atoms with Crippen molar-refractivity contribution in [1.82, 2.24) is 0 Å². The molecule has 1 rings (SSSR count). The number of methoxy groups -OCH3 is 1. The fourth-order valence-electron chi connectivity index (χ4n) is 1.37. The van der Waals surface area contributed by atoms with Gasteiger partial charge in [-0.1, -0.05) is 6.07 Å². The van der Waals surface area contributed by atoms with Crippen LogP contribution in [0.25, 0.3) is 0 Å². The van der Waals surface area contributed by atoms with Gasteiger partial charge < -0.3 is 14.6 Å². The van der Waals surface area contributed by atoms with Crippen LogP contribution in [0.4, 0.5) is 0 Å². The summed E-state index contributed by atoms with van der Waals surface area (Å²) in [7, 11) is 1.55. The summed E-state index contributed by atoms with van der Waals surface area (Å²) in [6.07, 6.45) is 0. The van der Waals surface area contributed by atoms with Crippen LogP contribution in [0.5, 0.6) is 11.5 Å². The van der Waals surface area contributed by atoms with Gasteiger partial charge in [0.1, 0.15) is 0 Å². The molecule has 90 valence electrons. The summed E-state index contributed by atoms with van der Waals surface area (Å²) in [4.78, 5) is 10.9. The maximum atomic E-state index is 10.9. The molecule has 0 heterocycles. The molecule has 0 spiro atoms. The molecule has 0 aliphatic heterocycles. The Morgan fingerprint density at radius 1 is 1.41 bits per heavy atom. The van der Waals surface area contributed by atoms with Gasteiger partial charge in [0.15, 0.2) is 11.5 Å². The van der Waals surface area contributed by atoms with Crippen LogP contribution < -0.4 is 9.47 Å². The maximum absolute atomic E-state index is 10.9. The average Bonchev–Trinajstić information content (AvgIpc) is 2.28. The Labute approximate surface area is 123 Å². The van der Waals surface area contributed by atoms with E-state index in [1.54, 1.807) is 32.2 Å². The monoisotopic (exact) mass is 248 g/mol. The molecular weight excluding hydrogens is 231 g/mol. The summed E-state index contributed by atoms with van der Waals surface area (Å²) in [5.74, 6) is -0.212. The number of carbonyl (C=O) groups is 1. The fourth-order valence-corrected chi connectivity index (χ4v) is 1.37. The normalized spacial score (nSPS) is 11.2. The van der Waals surface area contributed by atoms with E-state index in [1.807, 2.05) is 6.92 Å². The molecule has 0 saturated heterocycles. The summed E-state index contributed by atoms with van der Waals surface area (Å²) in [6.45, 7) is 4.02. The minimum absolute atomic E-state index is 0. The number of rotatable bonds is 5. The van der Waals surface area contributed by atoms with Crippen molar-refractivity contribution in [3.8, 4) is 11.5 Å². The molecule has 1 N–H and O–H groups in total. The zero-order valence-corrected chi connectivity index (χ0v) is 9.69. The van der Waals surface area contributed by atoms with E-state index in [1.165, 1.54) is 0 Å². The predicted molar refractivity (Wildman–Crippen MR) is 67.4 cm³/mol. The molecule has 0 saturated carbocycles. The second-order valence-corrected chi connectivity index (χ2v) is 3.40. The van der Waals surface area contributed by atoms with Crippen LogP contribution >= 0.6 is 0 Å². The van der Waals surface area contributed by atoms with Crippen LogP contribution in [0.15, 0.2) is 18.2 Å². The van der Waals surface area contributed by atoms with Crippen LogP contribution in [-0.4, -0.2) is 54.3 Å². The second-order valence-electron chi connectivity index (χ2n) is 3.40. The number of aliphatic carboxylic acids is 1. The molecule has 0 aromatic heterocycles. The van der Waals surface area contributed by atoms with Crippen LogP contribution in [0, 0.1) is 0 Å². The van der Waals surface area contributed by atoms with E-state index in [2.05, 4.69) is 0 Å². The van der Waals surface area contributed by atoms with E-state index in [9.17, 15) is 4.79 Å². The first-order valence-electron chi connectivity index (χ1n) is 5.13. The van der Waals surface area contributed by atoms with Crippen molar-refractivity contribution >= 4 is 35.5 Å². The average molecular weight is 248 g/mol. The number of benzene rings is 1. The van der Waals surface area contributed by atoms with Gasteiger partial charge in [-0.3, -0.25) is 4.79 Å². The predicted octanol–water partition coefficient (Wildman–Crippen LogP) is 1.63. The number of hydrogen-bond donors (Lipinski definition) is 1. The standard InChI is InChI=1S/C12H16O4.Na.H/c1-4-16-11-7-9(8(2)12(13)14)5-6-10(11)15-3;;/h5-8H,4H2,1-3H3,(H,13,14);;. The van der Waals surface area contributed by atoms with Gasteiger partial charge in [-0.25, -0.2) is 0 Å². The van der Waals surface area contributed by atoms with Crippen LogP contribution in [-0.2, 0) is 4.79 Å². The molecule has 17 heavy (non-hydrogen) atoms. The van der Waals surface area contributed by atoms with Gasteiger partial charge in [-0.15, -0.1) is 0 Å². The molecule has 0 fully saturated rings. The third kappa shape index (κ3) is 4.22. The number of carboxylic acid groups (broad SMARTS) is 1. The van der Waals surface area contributed by atoms with Crippen LogP contribution in [0.1, 0.15) is 25.3 Å². The molecule has 0 radical (unpaired) electrons. The SMILES string of the molecule is CCOc1cc(C(C)C(=O)O)ccc1OC.[NaH]. The van der Waals surface area contributed by atoms with Crippen LogP contribution in [0.2, 0.25) is 0 Å². The van der Waals surface area contributed by atoms with E-state index in [4.69, 9.17) is 14.6 Å². The van der Waals surface area contributed by atoms with Gasteiger partial charge in [0.2, 0.25) is 0 Å².